The molecule has 0 spiro atoms. The van der Waals surface area contributed by atoms with Crippen LogP contribution < -0.4 is 10.1 Å². The molecule has 0 aliphatic carbocycles. The van der Waals surface area contributed by atoms with E-state index in [9.17, 15) is 4.79 Å². The van der Waals surface area contributed by atoms with Crippen molar-refractivity contribution in [1.82, 2.24) is 5.32 Å². The molecular weight excluding hydrogens is 442 g/mol. The van der Waals surface area contributed by atoms with Crippen molar-refractivity contribution in [3.05, 3.63) is 28.2 Å². The lowest BCUT2D eigenvalue weighted by molar-refractivity contribution is 0.0912. The van der Waals surface area contributed by atoms with Crippen LogP contribution in [0.25, 0.3) is 0 Å². The molecule has 0 radical (unpaired) electrons. The Balaban J connectivity index is 3.03. The molecule has 0 bridgehead atoms. The van der Waals surface area contributed by atoms with Crippen molar-refractivity contribution in [2.75, 3.05) is 17.8 Å². The first-order valence-electron chi connectivity index (χ1n) is 5.80. The van der Waals surface area contributed by atoms with Gasteiger partial charge < -0.3 is 10.1 Å². The van der Waals surface area contributed by atoms with Gasteiger partial charge in [-0.05, 0) is 24.6 Å². The molecule has 0 aromatic heterocycles. The highest BCUT2D eigenvalue weighted by Crippen LogP contribution is 2.25. The molecule has 1 aromatic rings. The van der Waals surface area contributed by atoms with Gasteiger partial charge in [-0.3, -0.25) is 4.79 Å². The average Bonchev–Trinajstić information content (AvgIpc) is 2.44. The fourth-order valence-corrected chi connectivity index (χ4v) is 3.91. The number of alkyl halides is 2. The van der Waals surface area contributed by atoms with Gasteiger partial charge in [0, 0.05) is 15.1 Å². The zero-order chi connectivity index (χ0) is 14.5. The number of carbonyl (C=O) groups excluding carboxylic acids is 1. The predicted octanol–water partition coefficient (Wildman–Crippen LogP) is 4.13. The Morgan fingerprint density at radius 1 is 1.37 bits per heavy atom. The molecule has 0 saturated heterocycles. The van der Waals surface area contributed by atoms with Gasteiger partial charge in [-0.25, -0.2) is 0 Å². The molecule has 1 rings (SSSR count). The lowest BCUT2D eigenvalue weighted by Crippen LogP contribution is -2.51. The Kier molecular flexibility index (Phi) is 6.83. The van der Waals surface area contributed by atoms with E-state index in [0.717, 1.165) is 10.9 Å². The smallest absolute Gasteiger partial charge is 0.255 e. The number of methoxy groups -OCH3 is 1. The number of rotatable bonds is 6. The minimum absolute atomic E-state index is 0.140. The number of benzene rings is 1. The summed E-state index contributed by atoms with van der Waals surface area (Å²) in [7, 11) is 1.56. The molecule has 0 aliphatic heterocycles. The van der Waals surface area contributed by atoms with E-state index in [1.165, 1.54) is 0 Å². The summed E-state index contributed by atoms with van der Waals surface area (Å²) >= 11 is 10.3. The SMILES string of the molecule is CCC(CBr)(CBr)NC(=O)c1cc(Br)ccc1OC. The van der Waals surface area contributed by atoms with Crippen LogP contribution in [0.4, 0.5) is 0 Å². The molecule has 0 aliphatic rings. The quantitative estimate of drug-likeness (QED) is 0.652. The van der Waals surface area contributed by atoms with E-state index in [0.29, 0.717) is 22.0 Å². The maximum atomic E-state index is 12.4. The molecule has 106 valence electrons. The Bertz CT molecular complexity index is 439. The maximum absolute atomic E-state index is 12.4. The Morgan fingerprint density at radius 3 is 2.47 bits per heavy atom. The van der Waals surface area contributed by atoms with E-state index in [2.05, 4.69) is 53.1 Å². The fraction of sp³-hybridized carbons (Fsp3) is 0.462. The topological polar surface area (TPSA) is 38.3 Å². The second-order valence-electron chi connectivity index (χ2n) is 4.20. The average molecular weight is 458 g/mol. The summed E-state index contributed by atoms with van der Waals surface area (Å²) in [6.45, 7) is 2.04. The van der Waals surface area contributed by atoms with Gasteiger partial charge in [-0.2, -0.15) is 0 Å². The van der Waals surface area contributed by atoms with Gasteiger partial charge in [0.25, 0.3) is 5.91 Å². The van der Waals surface area contributed by atoms with Gasteiger partial charge in [0.2, 0.25) is 0 Å². The Labute approximate surface area is 138 Å². The van der Waals surface area contributed by atoms with Gasteiger partial charge in [0.05, 0.1) is 18.2 Å². The Hall–Kier alpha value is -0.0700. The van der Waals surface area contributed by atoms with Crippen LogP contribution in [-0.2, 0) is 0 Å². The zero-order valence-corrected chi connectivity index (χ0v) is 15.6. The van der Waals surface area contributed by atoms with Crippen LogP contribution in [0.15, 0.2) is 22.7 Å². The summed E-state index contributed by atoms with van der Waals surface area (Å²) in [5.41, 5.74) is 0.223. The summed E-state index contributed by atoms with van der Waals surface area (Å²) < 4.78 is 6.08. The molecule has 0 heterocycles. The van der Waals surface area contributed by atoms with Gasteiger partial charge in [0.1, 0.15) is 5.75 Å². The van der Waals surface area contributed by atoms with Crippen LogP contribution >= 0.6 is 47.8 Å². The molecule has 0 atom stereocenters. The van der Waals surface area contributed by atoms with Gasteiger partial charge in [0.15, 0.2) is 0 Å². The molecule has 6 heteroatoms. The number of hydrogen-bond donors (Lipinski definition) is 1. The van der Waals surface area contributed by atoms with Crippen molar-refractivity contribution in [1.29, 1.82) is 0 Å². The minimum atomic E-state index is -0.301. The number of ether oxygens (including phenoxy) is 1. The highest BCUT2D eigenvalue weighted by Gasteiger charge is 2.29. The molecule has 0 unspecified atom stereocenters. The van der Waals surface area contributed by atoms with Crippen LogP contribution in [0.1, 0.15) is 23.7 Å². The minimum Gasteiger partial charge on any atom is -0.496 e. The highest BCUT2D eigenvalue weighted by molar-refractivity contribution is 9.10. The highest BCUT2D eigenvalue weighted by atomic mass is 79.9. The van der Waals surface area contributed by atoms with Crippen LogP contribution in [0.3, 0.4) is 0 Å². The second kappa shape index (κ2) is 7.64. The summed E-state index contributed by atoms with van der Waals surface area (Å²) in [5, 5.41) is 4.43. The van der Waals surface area contributed by atoms with Crippen molar-refractivity contribution in [3.8, 4) is 5.75 Å². The third kappa shape index (κ3) is 4.20. The van der Waals surface area contributed by atoms with Crippen LogP contribution in [-0.4, -0.2) is 29.2 Å². The summed E-state index contributed by atoms with van der Waals surface area (Å²) in [5.74, 6) is 0.425. The number of hydrogen-bond acceptors (Lipinski definition) is 2. The Morgan fingerprint density at radius 2 is 2.00 bits per heavy atom. The molecule has 3 nitrogen and oxygen atoms in total. The van der Waals surface area contributed by atoms with Crippen LogP contribution in [0.5, 0.6) is 5.75 Å². The third-order valence-corrected chi connectivity index (χ3v) is 5.61. The monoisotopic (exact) mass is 455 g/mol. The van der Waals surface area contributed by atoms with E-state index in [1.807, 2.05) is 13.0 Å². The number of carbonyl (C=O) groups is 1. The third-order valence-electron chi connectivity index (χ3n) is 2.97. The number of halogens is 3. The number of amides is 1. The number of nitrogens with one attached hydrogen (secondary N) is 1. The molecular formula is C13H16Br3NO2. The van der Waals surface area contributed by atoms with Crippen molar-refractivity contribution >= 4 is 53.7 Å². The van der Waals surface area contributed by atoms with Gasteiger partial charge in [-0.1, -0.05) is 54.7 Å². The molecule has 0 fully saturated rings. The lowest BCUT2D eigenvalue weighted by atomic mass is 10.0. The summed E-state index contributed by atoms with van der Waals surface area (Å²) in [6, 6.07) is 5.38. The van der Waals surface area contributed by atoms with Crippen LogP contribution in [0.2, 0.25) is 0 Å². The molecule has 1 N–H and O–H groups in total. The zero-order valence-electron chi connectivity index (χ0n) is 10.8. The summed E-state index contributed by atoms with van der Waals surface area (Å²) in [6.07, 6.45) is 0.825. The first-order valence-corrected chi connectivity index (χ1v) is 8.83. The molecule has 1 aromatic carbocycles. The maximum Gasteiger partial charge on any atom is 0.255 e. The van der Waals surface area contributed by atoms with E-state index >= 15 is 0 Å². The van der Waals surface area contributed by atoms with E-state index < -0.39 is 0 Å². The van der Waals surface area contributed by atoms with Gasteiger partial charge >= 0.3 is 0 Å². The standard InChI is InChI=1S/C13H16Br3NO2/c1-3-13(7-14,8-15)17-12(18)10-6-9(16)4-5-11(10)19-2/h4-6H,3,7-8H2,1-2H3,(H,17,18). The normalized spacial score (nSPS) is 11.2. The van der Waals surface area contributed by atoms with Gasteiger partial charge in [-0.15, -0.1) is 0 Å². The van der Waals surface area contributed by atoms with E-state index in [1.54, 1.807) is 19.2 Å². The fourth-order valence-electron chi connectivity index (χ4n) is 1.55. The van der Waals surface area contributed by atoms with Crippen molar-refractivity contribution in [2.24, 2.45) is 0 Å². The first-order chi connectivity index (χ1) is 9.01. The largest absolute Gasteiger partial charge is 0.496 e. The lowest BCUT2D eigenvalue weighted by Gasteiger charge is -2.30. The van der Waals surface area contributed by atoms with Crippen molar-refractivity contribution in [2.45, 2.75) is 18.9 Å². The molecule has 1 amide bonds. The molecule has 19 heavy (non-hydrogen) atoms. The van der Waals surface area contributed by atoms with Crippen LogP contribution in [0, 0.1) is 0 Å². The molecule has 0 saturated carbocycles. The summed E-state index contributed by atoms with van der Waals surface area (Å²) in [4.78, 5) is 12.4. The van der Waals surface area contributed by atoms with E-state index in [4.69, 9.17) is 4.74 Å². The first kappa shape index (κ1) is 17.0. The van der Waals surface area contributed by atoms with Crippen molar-refractivity contribution < 1.29 is 9.53 Å². The van der Waals surface area contributed by atoms with Crippen molar-refractivity contribution in [3.63, 3.8) is 0 Å². The second-order valence-corrected chi connectivity index (χ2v) is 6.24. The predicted molar refractivity (Wildman–Crippen MR) is 88.8 cm³/mol. The van der Waals surface area contributed by atoms with E-state index in [-0.39, 0.29) is 11.4 Å².